The third-order valence-electron chi connectivity index (χ3n) is 4.67. The SMILES string of the molecule is COc1cc(/C=C(/C#N)C(=O)Nc2cccc(Cl)c2C)cc(I)c1OCc1ccccc1. The van der Waals surface area contributed by atoms with Crippen LogP contribution in [0.15, 0.2) is 66.2 Å². The molecule has 0 fully saturated rings. The number of hydrogen-bond donors (Lipinski definition) is 1. The van der Waals surface area contributed by atoms with E-state index in [1.54, 1.807) is 38.3 Å². The second kappa shape index (κ2) is 11.0. The van der Waals surface area contributed by atoms with Gasteiger partial charge in [0.1, 0.15) is 18.2 Å². The molecule has 0 saturated carbocycles. The summed E-state index contributed by atoms with van der Waals surface area (Å²) in [5, 5.41) is 12.8. The van der Waals surface area contributed by atoms with Gasteiger partial charge in [0.15, 0.2) is 11.5 Å². The number of nitrogens with zero attached hydrogens (tertiary/aromatic N) is 1. The molecular formula is C25H20ClIN2O3. The monoisotopic (exact) mass is 558 g/mol. The summed E-state index contributed by atoms with van der Waals surface area (Å²) in [4.78, 5) is 12.7. The van der Waals surface area contributed by atoms with E-state index in [9.17, 15) is 10.1 Å². The molecule has 1 amide bonds. The van der Waals surface area contributed by atoms with E-state index < -0.39 is 5.91 Å². The molecule has 0 aromatic heterocycles. The van der Waals surface area contributed by atoms with Crippen LogP contribution in [0.3, 0.4) is 0 Å². The lowest BCUT2D eigenvalue weighted by atomic mass is 10.1. The average Bonchev–Trinajstić information content (AvgIpc) is 2.80. The Labute approximate surface area is 205 Å². The minimum atomic E-state index is -0.517. The van der Waals surface area contributed by atoms with Gasteiger partial charge < -0.3 is 14.8 Å². The maximum absolute atomic E-state index is 12.7. The quantitative estimate of drug-likeness (QED) is 0.207. The Hall–Kier alpha value is -3.02. The number of benzene rings is 3. The number of amides is 1. The summed E-state index contributed by atoms with van der Waals surface area (Å²) in [6.45, 7) is 2.20. The first-order chi connectivity index (χ1) is 15.4. The van der Waals surface area contributed by atoms with Crippen LogP contribution in [0.5, 0.6) is 11.5 Å². The van der Waals surface area contributed by atoms with Crippen molar-refractivity contribution in [2.45, 2.75) is 13.5 Å². The van der Waals surface area contributed by atoms with E-state index in [1.807, 2.05) is 42.5 Å². The molecule has 162 valence electrons. The predicted molar refractivity (Wildman–Crippen MR) is 135 cm³/mol. The summed E-state index contributed by atoms with van der Waals surface area (Å²) in [6, 6.07) is 20.6. The fourth-order valence-corrected chi connectivity index (χ4v) is 3.90. The molecule has 32 heavy (non-hydrogen) atoms. The van der Waals surface area contributed by atoms with Gasteiger partial charge in [-0.3, -0.25) is 4.79 Å². The van der Waals surface area contributed by atoms with E-state index in [-0.39, 0.29) is 5.57 Å². The lowest BCUT2D eigenvalue weighted by molar-refractivity contribution is -0.112. The van der Waals surface area contributed by atoms with E-state index >= 15 is 0 Å². The Morgan fingerprint density at radius 2 is 1.94 bits per heavy atom. The van der Waals surface area contributed by atoms with Crippen LogP contribution in [-0.2, 0) is 11.4 Å². The maximum atomic E-state index is 12.7. The molecule has 0 spiro atoms. The molecule has 0 aliphatic rings. The first kappa shape index (κ1) is 23.6. The van der Waals surface area contributed by atoms with Gasteiger partial charge in [-0.1, -0.05) is 48.0 Å². The molecule has 7 heteroatoms. The molecular weight excluding hydrogens is 539 g/mol. The van der Waals surface area contributed by atoms with Gasteiger partial charge in [0.2, 0.25) is 0 Å². The van der Waals surface area contributed by atoms with E-state index in [4.69, 9.17) is 21.1 Å². The molecule has 3 rings (SSSR count). The zero-order chi connectivity index (χ0) is 23.1. The summed E-state index contributed by atoms with van der Waals surface area (Å²) in [5.41, 5.74) is 2.93. The summed E-state index contributed by atoms with van der Waals surface area (Å²) in [7, 11) is 1.55. The molecule has 0 aliphatic carbocycles. The van der Waals surface area contributed by atoms with E-state index in [0.29, 0.717) is 34.4 Å². The minimum absolute atomic E-state index is 0.0415. The lowest BCUT2D eigenvalue weighted by Gasteiger charge is -2.14. The first-order valence-corrected chi connectivity index (χ1v) is 11.1. The number of ether oxygens (including phenoxy) is 2. The van der Waals surface area contributed by atoms with Crippen molar-refractivity contribution in [3.05, 3.63) is 91.5 Å². The number of anilines is 1. The molecule has 0 saturated heterocycles. The largest absolute Gasteiger partial charge is 0.493 e. The van der Waals surface area contributed by atoms with Crippen LogP contribution >= 0.6 is 34.2 Å². The number of nitrogens with one attached hydrogen (secondary N) is 1. The molecule has 0 aliphatic heterocycles. The number of nitriles is 1. The Bertz CT molecular complexity index is 1200. The van der Waals surface area contributed by atoms with E-state index in [1.165, 1.54) is 6.08 Å². The third kappa shape index (κ3) is 5.81. The second-order valence-corrected chi connectivity index (χ2v) is 8.41. The Morgan fingerprint density at radius 1 is 1.19 bits per heavy atom. The molecule has 3 aromatic rings. The highest BCUT2D eigenvalue weighted by molar-refractivity contribution is 14.1. The van der Waals surface area contributed by atoms with Gasteiger partial charge in [0.25, 0.3) is 5.91 Å². The normalized spacial score (nSPS) is 10.9. The molecule has 0 atom stereocenters. The highest BCUT2D eigenvalue weighted by Gasteiger charge is 2.15. The predicted octanol–water partition coefficient (Wildman–Crippen LogP) is 6.39. The molecule has 0 unspecified atom stereocenters. The van der Waals surface area contributed by atoms with Crippen molar-refractivity contribution in [2.75, 3.05) is 12.4 Å². The van der Waals surface area contributed by atoms with Gasteiger partial charge >= 0.3 is 0 Å². The van der Waals surface area contributed by atoms with Crippen molar-refractivity contribution in [1.29, 1.82) is 5.26 Å². The second-order valence-electron chi connectivity index (χ2n) is 6.84. The van der Waals surface area contributed by atoms with Crippen LogP contribution in [0.2, 0.25) is 5.02 Å². The zero-order valence-corrected chi connectivity index (χ0v) is 20.4. The maximum Gasteiger partial charge on any atom is 0.266 e. The molecule has 0 bridgehead atoms. The number of carbonyl (C=O) groups is 1. The van der Waals surface area contributed by atoms with Crippen LogP contribution in [-0.4, -0.2) is 13.0 Å². The number of rotatable bonds is 7. The van der Waals surface area contributed by atoms with Crippen molar-refractivity contribution in [3.63, 3.8) is 0 Å². The van der Waals surface area contributed by atoms with Crippen LogP contribution in [0.1, 0.15) is 16.7 Å². The molecule has 3 aromatic carbocycles. The van der Waals surface area contributed by atoms with Crippen molar-refractivity contribution < 1.29 is 14.3 Å². The van der Waals surface area contributed by atoms with Gasteiger partial charge in [0, 0.05) is 10.7 Å². The van der Waals surface area contributed by atoms with Crippen LogP contribution in [0.25, 0.3) is 6.08 Å². The standard InChI is InChI=1S/C25H20ClIN2O3/c1-16-20(26)9-6-10-22(16)29-25(30)19(14-28)11-18-12-21(27)24(23(13-18)31-2)32-15-17-7-4-3-5-8-17/h3-13H,15H2,1-2H3,(H,29,30)/b19-11-. The molecule has 5 nitrogen and oxygen atoms in total. The topological polar surface area (TPSA) is 71.3 Å². The van der Waals surface area contributed by atoms with Crippen LogP contribution in [0, 0.1) is 21.8 Å². The Kier molecular flexibility index (Phi) is 8.14. The third-order valence-corrected chi connectivity index (χ3v) is 5.88. The zero-order valence-electron chi connectivity index (χ0n) is 17.5. The highest BCUT2D eigenvalue weighted by Crippen LogP contribution is 2.35. The van der Waals surface area contributed by atoms with Crippen molar-refractivity contribution >= 4 is 51.9 Å². The number of hydrogen-bond acceptors (Lipinski definition) is 4. The minimum Gasteiger partial charge on any atom is -0.493 e. The van der Waals surface area contributed by atoms with Crippen LogP contribution in [0.4, 0.5) is 5.69 Å². The summed E-state index contributed by atoms with van der Waals surface area (Å²) < 4.78 is 12.3. The smallest absolute Gasteiger partial charge is 0.266 e. The molecule has 1 N–H and O–H groups in total. The summed E-state index contributed by atoms with van der Waals surface area (Å²) in [5.74, 6) is 0.602. The van der Waals surface area contributed by atoms with E-state index in [2.05, 4.69) is 27.9 Å². The van der Waals surface area contributed by atoms with Gasteiger partial charge in [-0.05, 0) is 76.5 Å². The Balaban J connectivity index is 1.84. The fourth-order valence-electron chi connectivity index (χ4n) is 2.94. The van der Waals surface area contributed by atoms with Crippen molar-refractivity contribution in [1.82, 2.24) is 0 Å². The fraction of sp³-hybridized carbons (Fsp3) is 0.120. The Morgan fingerprint density at radius 3 is 2.62 bits per heavy atom. The number of carbonyl (C=O) groups excluding carboxylic acids is 1. The van der Waals surface area contributed by atoms with Gasteiger partial charge in [-0.2, -0.15) is 5.26 Å². The van der Waals surface area contributed by atoms with Gasteiger partial charge in [-0.15, -0.1) is 0 Å². The number of methoxy groups -OCH3 is 1. The summed E-state index contributed by atoms with van der Waals surface area (Å²) >= 11 is 8.26. The van der Waals surface area contributed by atoms with Gasteiger partial charge in [-0.25, -0.2) is 0 Å². The van der Waals surface area contributed by atoms with Crippen molar-refractivity contribution in [2.24, 2.45) is 0 Å². The van der Waals surface area contributed by atoms with E-state index in [0.717, 1.165) is 14.7 Å². The first-order valence-electron chi connectivity index (χ1n) is 9.65. The van der Waals surface area contributed by atoms with Crippen molar-refractivity contribution in [3.8, 4) is 17.6 Å². The lowest BCUT2D eigenvalue weighted by Crippen LogP contribution is -2.14. The highest BCUT2D eigenvalue weighted by atomic mass is 127. The van der Waals surface area contributed by atoms with Gasteiger partial charge in [0.05, 0.1) is 10.7 Å². The van der Waals surface area contributed by atoms with Crippen LogP contribution < -0.4 is 14.8 Å². The number of halogens is 2. The molecule has 0 radical (unpaired) electrons. The summed E-state index contributed by atoms with van der Waals surface area (Å²) in [6.07, 6.45) is 1.51. The molecule has 0 heterocycles. The average molecular weight is 559 g/mol.